The third-order valence-corrected chi connectivity index (χ3v) is 1.54. The van der Waals surface area contributed by atoms with Crippen molar-refractivity contribution in [2.45, 2.75) is 27.7 Å². The molecule has 3 nitrogen and oxygen atoms in total. The molecule has 3 heteroatoms. The highest BCUT2D eigenvalue weighted by Crippen LogP contribution is 1.88. The minimum Gasteiger partial charge on any atom is -0.265 e. The van der Waals surface area contributed by atoms with Crippen molar-refractivity contribution in [3.63, 3.8) is 0 Å². The van der Waals surface area contributed by atoms with E-state index in [1.54, 1.807) is 31.0 Å². The van der Waals surface area contributed by atoms with Crippen LogP contribution in [0.3, 0.4) is 0 Å². The number of rotatable bonds is 0. The lowest BCUT2D eigenvalue weighted by Crippen LogP contribution is -1.77. The number of pyridine rings is 1. The predicted octanol–water partition coefficient (Wildman–Crippen LogP) is 3.20. The summed E-state index contributed by atoms with van der Waals surface area (Å²) in [7, 11) is 0. The van der Waals surface area contributed by atoms with Gasteiger partial charge in [0.1, 0.15) is 0 Å². The topological polar surface area (TPSA) is 38.7 Å². The van der Waals surface area contributed by atoms with Gasteiger partial charge in [-0.2, -0.15) is 0 Å². The lowest BCUT2D eigenvalue weighted by Gasteiger charge is -1.82. The summed E-state index contributed by atoms with van der Waals surface area (Å²) in [6, 6.07) is 3.94. The monoisotopic (exact) mass is 217 g/mol. The first-order valence-electron chi connectivity index (χ1n) is 5.38. The number of hydrogen-bond donors (Lipinski definition) is 0. The standard InChI is InChI=1S/C6H7N.C5H6N2.C2H6/c1-6-2-4-7-5-3-6;1-5-4-6-2-3-7-5;1-2/h2-5H,1H3;2-4H,1H3;1-2H3. The highest BCUT2D eigenvalue weighted by molar-refractivity contribution is 5.05. The van der Waals surface area contributed by atoms with Gasteiger partial charge >= 0.3 is 0 Å². The van der Waals surface area contributed by atoms with Gasteiger partial charge in [0.15, 0.2) is 0 Å². The van der Waals surface area contributed by atoms with E-state index in [1.165, 1.54) is 5.56 Å². The van der Waals surface area contributed by atoms with E-state index >= 15 is 0 Å². The average Bonchev–Trinajstić information content (AvgIpc) is 2.34. The van der Waals surface area contributed by atoms with Crippen LogP contribution < -0.4 is 0 Å². The van der Waals surface area contributed by atoms with Crippen molar-refractivity contribution < 1.29 is 0 Å². The minimum atomic E-state index is 0.961. The first kappa shape index (κ1) is 14.2. The number of aromatic nitrogens is 3. The van der Waals surface area contributed by atoms with Crippen LogP contribution in [0.15, 0.2) is 43.1 Å². The van der Waals surface area contributed by atoms with Gasteiger partial charge in [-0.15, -0.1) is 0 Å². The molecule has 0 saturated carbocycles. The molecular weight excluding hydrogens is 198 g/mol. The summed E-state index contributed by atoms with van der Waals surface area (Å²) in [5.74, 6) is 0. The van der Waals surface area contributed by atoms with Crippen LogP contribution in [0.4, 0.5) is 0 Å². The fourth-order valence-corrected chi connectivity index (χ4v) is 0.800. The minimum absolute atomic E-state index is 0.961. The summed E-state index contributed by atoms with van der Waals surface area (Å²) < 4.78 is 0. The normalized spacial score (nSPS) is 8.00. The number of nitrogens with zero attached hydrogens (tertiary/aromatic N) is 3. The maximum absolute atomic E-state index is 3.92. The van der Waals surface area contributed by atoms with E-state index in [4.69, 9.17) is 0 Å². The van der Waals surface area contributed by atoms with Crippen LogP contribution in [0, 0.1) is 13.8 Å². The van der Waals surface area contributed by atoms with Crippen molar-refractivity contribution >= 4 is 0 Å². The second-order valence-electron chi connectivity index (χ2n) is 2.87. The van der Waals surface area contributed by atoms with Crippen LogP contribution in [0.25, 0.3) is 0 Å². The largest absolute Gasteiger partial charge is 0.265 e. The van der Waals surface area contributed by atoms with E-state index in [0.29, 0.717) is 0 Å². The van der Waals surface area contributed by atoms with Crippen molar-refractivity contribution in [2.75, 3.05) is 0 Å². The quantitative estimate of drug-likeness (QED) is 0.680. The van der Waals surface area contributed by atoms with Gasteiger partial charge in [-0.3, -0.25) is 15.0 Å². The van der Waals surface area contributed by atoms with Gasteiger partial charge in [0.05, 0.1) is 5.69 Å². The Morgan fingerprint density at radius 3 is 1.69 bits per heavy atom. The summed E-state index contributed by atoms with van der Waals surface area (Å²) in [6.45, 7) is 7.95. The average molecular weight is 217 g/mol. The molecule has 0 aliphatic heterocycles. The van der Waals surface area contributed by atoms with E-state index in [0.717, 1.165) is 5.69 Å². The van der Waals surface area contributed by atoms with E-state index in [-0.39, 0.29) is 0 Å². The SMILES string of the molecule is CC.Cc1ccncc1.Cc1cnccn1. The lowest BCUT2D eigenvalue weighted by atomic mass is 10.3. The van der Waals surface area contributed by atoms with Gasteiger partial charge in [0.2, 0.25) is 0 Å². The van der Waals surface area contributed by atoms with Gasteiger partial charge in [0, 0.05) is 31.0 Å². The molecule has 2 aromatic rings. The molecule has 0 spiro atoms. The van der Waals surface area contributed by atoms with Crippen LogP contribution in [0.5, 0.6) is 0 Å². The third-order valence-electron chi connectivity index (χ3n) is 1.54. The fourth-order valence-electron chi connectivity index (χ4n) is 0.800. The molecule has 0 bridgehead atoms. The summed E-state index contributed by atoms with van der Waals surface area (Å²) in [5.41, 5.74) is 2.22. The number of aryl methyl sites for hydroxylation is 2. The van der Waals surface area contributed by atoms with Crippen molar-refractivity contribution in [1.29, 1.82) is 0 Å². The van der Waals surface area contributed by atoms with Crippen molar-refractivity contribution in [3.05, 3.63) is 54.4 Å². The molecule has 2 rings (SSSR count). The molecule has 0 N–H and O–H groups in total. The highest BCUT2D eigenvalue weighted by atomic mass is 14.7. The zero-order valence-electron chi connectivity index (χ0n) is 10.4. The Kier molecular flexibility index (Phi) is 8.69. The van der Waals surface area contributed by atoms with Gasteiger partial charge in [-0.25, -0.2) is 0 Å². The summed E-state index contributed by atoms with van der Waals surface area (Å²) >= 11 is 0. The summed E-state index contributed by atoms with van der Waals surface area (Å²) in [5, 5.41) is 0. The summed E-state index contributed by atoms with van der Waals surface area (Å²) in [4.78, 5) is 11.6. The van der Waals surface area contributed by atoms with Crippen LogP contribution >= 0.6 is 0 Å². The van der Waals surface area contributed by atoms with E-state index in [2.05, 4.69) is 15.0 Å². The Hall–Kier alpha value is -1.77. The zero-order chi connectivity index (χ0) is 12.2. The molecule has 0 aliphatic carbocycles. The first-order valence-corrected chi connectivity index (χ1v) is 5.38. The van der Waals surface area contributed by atoms with Crippen molar-refractivity contribution in [2.24, 2.45) is 0 Å². The molecule has 0 unspecified atom stereocenters. The zero-order valence-corrected chi connectivity index (χ0v) is 10.4. The van der Waals surface area contributed by atoms with Gasteiger partial charge in [0.25, 0.3) is 0 Å². The molecule has 0 aromatic carbocycles. The van der Waals surface area contributed by atoms with E-state index < -0.39 is 0 Å². The molecule has 2 heterocycles. The number of hydrogen-bond acceptors (Lipinski definition) is 3. The van der Waals surface area contributed by atoms with Crippen LogP contribution in [-0.2, 0) is 0 Å². The Balaban J connectivity index is 0.000000244. The second-order valence-corrected chi connectivity index (χ2v) is 2.87. The van der Waals surface area contributed by atoms with Crippen molar-refractivity contribution in [3.8, 4) is 0 Å². The molecule has 2 aromatic heterocycles. The molecular formula is C13H19N3. The highest BCUT2D eigenvalue weighted by Gasteiger charge is 1.74. The molecule has 86 valence electrons. The smallest absolute Gasteiger partial charge is 0.0555 e. The lowest BCUT2D eigenvalue weighted by molar-refractivity contribution is 1.12. The molecule has 0 saturated heterocycles. The Bertz CT molecular complexity index is 309. The molecule has 0 aliphatic rings. The molecule has 0 amide bonds. The molecule has 16 heavy (non-hydrogen) atoms. The van der Waals surface area contributed by atoms with E-state index in [1.807, 2.05) is 39.8 Å². The maximum Gasteiger partial charge on any atom is 0.0555 e. The Morgan fingerprint density at radius 2 is 1.44 bits per heavy atom. The van der Waals surface area contributed by atoms with Gasteiger partial charge in [-0.05, 0) is 31.5 Å². The Morgan fingerprint density at radius 1 is 0.812 bits per heavy atom. The Labute approximate surface area is 97.6 Å². The molecule has 0 fully saturated rings. The van der Waals surface area contributed by atoms with Crippen molar-refractivity contribution in [1.82, 2.24) is 15.0 Å². The summed E-state index contributed by atoms with van der Waals surface area (Å²) in [6.07, 6.45) is 8.63. The van der Waals surface area contributed by atoms with Gasteiger partial charge < -0.3 is 0 Å². The van der Waals surface area contributed by atoms with Gasteiger partial charge in [-0.1, -0.05) is 13.8 Å². The van der Waals surface area contributed by atoms with Crippen LogP contribution in [0.1, 0.15) is 25.1 Å². The molecule has 0 atom stereocenters. The fraction of sp³-hybridized carbons (Fsp3) is 0.308. The maximum atomic E-state index is 3.92. The molecule has 0 radical (unpaired) electrons. The van der Waals surface area contributed by atoms with E-state index in [9.17, 15) is 0 Å². The second kappa shape index (κ2) is 9.77. The first-order chi connectivity index (χ1) is 7.79. The van der Waals surface area contributed by atoms with Crippen LogP contribution in [-0.4, -0.2) is 15.0 Å². The predicted molar refractivity (Wildman–Crippen MR) is 67.1 cm³/mol. The van der Waals surface area contributed by atoms with Crippen LogP contribution in [0.2, 0.25) is 0 Å². The third kappa shape index (κ3) is 7.62.